The quantitative estimate of drug-likeness (QED) is 0.469. The van der Waals surface area contributed by atoms with E-state index in [-0.39, 0.29) is 36.4 Å². The van der Waals surface area contributed by atoms with Crippen LogP contribution in [0.1, 0.15) is 56.3 Å². The lowest BCUT2D eigenvalue weighted by atomic mass is 10.0. The fourth-order valence-corrected chi connectivity index (χ4v) is 4.81. The first-order chi connectivity index (χ1) is 17.7. The number of amides is 4. The molecule has 1 aromatic carbocycles. The molecule has 1 fully saturated rings. The number of ether oxygens (including phenoxy) is 1. The van der Waals surface area contributed by atoms with Crippen molar-refractivity contribution >= 4 is 23.6 Å². The number of fused-ring (bicyclic) bond motifs is 2. The Balaban J connectivity index is 1.87. The van der Waals surface area contributed by atoms with Crippen LogP contribution >= 0.6 is 0 Å². The summed E-state index contributed by atoms with van der Waals surface area (Å²) in [4.78, 5) is 56.5. The predicted molar refractivity (Wildman–Crippen MR) is 140 cm³/mol. The molecule has 4 amide bonds. The standard InChI is InChI=1S/C27H41N5O5/c1-18(2)15-19-17-37-23-11-6-5-9-20(23)25(34)30-21(26(35)28-12-8-13-31(3)4)16-24(33)32-14-7-10-22(32)27(36)29-19/h5-6,9,11,18-19,21-22H,7-8,10,12-17H2,1-4H3,(H,28,35)(H,29,36)(H,30,34)/t19-,21-,22+/m0/s1. The van der Waals surface area contributed by atoms with Crippen molar-refractivity contribution in [2.45, 2.75) is 64.1 Å². The molecule has 0 aliphatic carbocycles. The zero-order chi connectivity index (χ0) is 26.9. The monoisotopic (exact) mass is 515 g/mol. The summed E-state index contributed by atoms with van der Waals surface area (Å²) >= 11 is 0. The van der Waals surface area contributed by atoms with Gasteiger partial charge in [-0.1, -0.05) is 26.0 Å². The van der Waals surface area contributed by atoms with E-state index >= 15 is 0 Å². The largest absolute Gasteiger partial charge is 0.491 e. The van der Waals surface area contributed by atoms with Crippen LogP contribution in [0, 0.1) is 5.92 Å². The van der Waals surface area contributed by atoms with Gasteiger partial charge in [0.1, 0.15) is 24.4 Å². The van der Waals surface area contributed by atoms with Crippen LogP contribution in [0.2, 0.25) is 0 Å². The number of hydrogen-bond donors (Lipinski definition) is 3. The van der Waals surface area contributed by atoms with E-state index in [9.17, 15) is 19.2 Å². The van der Waals surface area contributed by atoms with Crippen molar-refractivity contribution < 1.29 is 23.9 Å². The number of para-hydroxylation sites is 1. The summed E-state index contributed by atoms with van der Waals surface area (Å²) in [6.07, 6.45) is 2.46. The molecule has 0 unspecified atom stereocenters. The lowest BCUT2D eigenvalue weighted by Crippen LogP contribution is -2.53. The van der Waals surface area contributed by atoms with E-state index in [0.29, 0.717) is 44.0 Å². The van der Waals surface area contributed by atoms with Gasteiger partial charge < -0.3 is 30.5 Å². The van der Waals surface area contributed by atoms with Gasteiger partial charge >= 0.3 is 0 Å². The Morgan fingerprint density at radius 1 is 1.19 bits per heavy atom. The Hall–Kier alpha value is -3.14. The van der Waals surface area contributed by atoms with E-state index in [1.54, 1.807) is 29.2 Å². The molecule has 10 heteroatoms. The molecule has 2 aliphatic rings. The highest BCUT2D eigenvalue weighted by molar-refractivity contribution is 6.01. The molecule has 0 bridgehead atoms. The van der Waals surface area contributed by atoms with Crippen LogP contribution in [0.5, 0.6) is 5.75 Å². The molecule has 2 heterocycles. The normalized spacial score (nSPS) is 23.0. The molecule has 0 saturated carbocycles. The third-order valence-corrected chi connectivity index (χ3v) is 6.63. The molecule has 3 rings (SSSR count). The first-order valence-electron chi connectivity index (χ1n) is 13.2. The summed E-state index contributed by atoms with van der Waals surface area (Å²) in [5, 5.41) is 8.66. The van der Waals surface area contributed by atoms with E-state index in [2.05, 4.69) is 29.8 Å². The molecule has 37 heavy (non-hydrogen) atoms. The minimum Gasteiger partial charge on any atom is -0.491 e. The van der Waals surface area contributed by atoms with Crippen LogP contribution in [0.3, 0.4) is 0 Å². The molecule has 0 radical (unpaired) electrons. The lowest BCUT2D eigenvalue weighted by Gasteiger charge is -2.29. The lowest BCUT2D eigenvalue weighted by molar-refractivity contribution is -0.140. The molecular weight excluding hydrogens is 474 g/mol. The summed E-state index contributed by atoms with van der Waals surface area (Å²) in [6.45, 7) is 5.97. The number of benzene rings is 1. The van der Waals surface area contributed by atoms with E-state index < -0.39 is 23.9 Å². The third kappa shape index (κ3) is 8.18. The maximum atomic E-state index is 13.3. The van der Waals surface area contributed by atoms with Gasteiger partial charge in [0.2, 0.25) is 17.7 Å². The average Bonchev–Trinajstić information content (AvgIpc) is 3.34. The van der Waals surface area contributed by atoms with Gasteiger partial charge in [-0.05, 0) is 64.4 Å². The summed E-state index contributed by atoms with van der Waals surface area (Å²) in [5.74, 6) is -0.782. The summed E-state index contributed by atoms with van der Waals surface area (Å²) < 4.78 is 6.03. The van der Waals surface area contributed by atoms with Crippen molar-refractivity contribution in [1.29, 1.82) is 0 Å². The summed E-state index contributed by atoms with van der Waals surface area (Å²) in [6, 6.07) is 4.84. The van der Waals surface area contributed by atoms with Gasteiger partial charge in [-0.15, -0.1) is 0 Å². The van der Waals surface area contributed by atoms with Crippen LogP contribution in [-0.2, 0) is 14.4 Å². The Morgan fingerprint density at radius 3 is 2.68 bits per heavy atom. The van der Waals surface area contributed by atoms with Gasteiger partial charge in [-0.2, -0.15) is 0 Å². The van der Waals surface area contributed by atoms with Gasteiger partial charge in [0, 0.05) is 13.1 Å². The average molecular weight is 516 g/mol. The topological polar surface area (TPSA) is 120 Å². The number of nitrogens with zero attached hydrogens (tertiary/aromatic N) is 2. The SMILES string of the molecule is CC(C)C[C@H]1COc2ccccc2C(=O)N[C@H](C(=O)NCCCN(C)C)CC(=O)N2CCC[C@@H]2C(=O)N1. The fourth-order valence-electron chi connectivity index (χ4n) is 4.81. The number of carbonyl (C=O) groups excluding carboxylic acids is 4. The number of rotatable bonds is 7. The molecule has 10 nitrogen and oxygen atoms in total. The summed E-state index contributed by atoms with van der Waals surface area (Å²) in [7, 11) is 3.90. The van der Waals surface area contributed by atoms with Crippen molar-refractivity contribution in [1.82, 2.24) is 25.8 Å². The fraction of sp³-hybridized carbons (Fsp3) is 0.630. The summed E-state index contributed by atoms with van der Waals surface area (Å²) in [5.41, 5.74) is 0.270. The second-order valence-electron chi connectivity index (χ2n) is 10.6. The Labute approximate surface area is 219 Å². The molecule has 3 atom stereocenters. The van der Waals surface area contributed by atoms with Gasteiger partial charge in [-0.3, -0.25) is 19.2 Å². The van der Waals surface area contributed by atoms with Crippen molar-refractivity contribution in [2.75, 3.05) is 40.3 Å². The van der Waals surface area contributed by atoms with E-state index in [0.717, 1.165) is 13.0 Å². The molecule has 3 N–H and O–H groups in total. The van der Waals surface area contributed by atoms with Crippen molar-refractivity contribution in [3.05, 3.63) is 29.8 Å². The minimum absolute atomic E-state index is 0.185. The smallest absolute Gasteiger partial charge is 0.255 e. The molecule has 1 saturated heterocycles. The van der Waals surface area contributed by atoms with Gasteiger partial charge in [0.15, 0.2) is 0 Å². The van der Waals surface area contributed by atoms with Crippen LogP contribution < -0.4 is 20.7 Å². The van der Waals surface area contributed by atoms with Crippen molar-refractivity contribution in [3.63, 3.8) is 0 Å². The molecular formula is C27H41N5O5. The third-order valence-electron chi connectivity index (χ3n) is 6.63. The molecule has 0 spiro atoms. The van der Waals surface area contributed by atoms with Gasteiger partial charge in [0.25, 0.3) is 5.91 Å². The van der Waals surface area contributed by atoms with Crippen LogP contribution in [0.25, 0.3) is 0 Å². The highest BCUT2D eigenvalue weighted by Crippen LogP contribution is 2.22. The number of hydrogen-bond acceptors (Lipinski definition) is 6. The maximum Gasteiger partial charge on any atom is 0.255 e. The maximum absolute atomic E-state index is 13.3. The Bertz CT molecular complexity index is 966. The molecule has 1 aromatic rings. The van der Waals surface area contributed by atoms with E-state index in [4.69, 9.17) is 4.74 Å². The molecule has 0 aromatic heterocycles. The number of carbonyl (C=O) groups is 4. The predicted octanol–water partition coefficient (Wildman–Crippen LogP) is 1.16. The zero-order valence-electron chi connectivity index (χ0n) is 22.4. The van der Waals surface area contributed by atoms with Crippen LogP contribution in [-0.4, -0.2) is 91.9 Å². The van der Waals surface area contributed by atoms with E-state index in [1.165, 1.54) is 0 Å². The first-order valence-corrected chi connectivity index (χ1v) is 13.2. The highest BCUT2D eigenvalue weighted by atomic mass is 16.5. The van der Waals surface area contributed by atoms with Crippen LogP contribution in [0.15, 0.2) is 24.3 Å². The van der Waals surface area contributed by atoms with Gasteiger partial charge in [-0.25, -0.2) is 0 Å². The Kier molecular flexibility index (Phi) is 10.3. The zero-order valence-corrected chi connectivity index (χ0v) is 22.4. The van der Waals surface area contributed by atoms with Crippen molar-refractivity contribution in [3.8, 4) is 5.75 Å². The molecule has 204 valence electrons. The number of nitrogens with one attached hydrogen (secondary N) is 3. The van der Waals surface area contributed by atoms with E-state index in [1.807, 2.05) is 19.0 Å². The first kappa shape index (κ1) is 28.4. The van der Waals surface area contributed by atoms with Gasteiger partial charge in [0.05, 0.1) is 18.0 Å². The van der Waals surface area contributed by atoms with Crippen LogP contribution in [0.4, 0.5) is 0 Å². The second-order valence-corrected chi connectivity index (χ2v) is 10.6. The second kappa shape index (κ2) is 13.4. The minimum atomic E-state index is -1.08. The highest BCUT2D eigenvalue weighted by Gasteiger charge is 2.37. The van der Waals surface area contributed by atoms with Crippen molar-refractivity contribution in [2.24, 2.45) is 5.92 Å². The Morgan fingerprint density at radius 2 is 1.95 bits per heavy atom. The molecule has 2 aliphatic heterocycles.